The molecule has 0 aliphatic carbocycles. The standard InChI is InChI=1S/C15H21NO3/c1-9-6-7-13(10(2)8-9)16(5)14(17)11(3)12(4)15(18)19/h6-8,11-12H,1-5H3,(H,18,19). The van der Waals surface area contributed by atoms with Crippen LogP contribution in [0.4, 0.5) is 5.69 Å². The molecule has 0 bridgehead atoms. The number of aliphatic carboxylic acids is 1. The molecule has 1 N–H and O–H groups in total. The first-order chi connectivity index (χ1) is 8.75. The molecule has 0 saturated heterocycles. The third-order valence-electron chi connectivity index (χ3n) is 3.57. The van der Waals surface area contributed by atoms with Gasteiger partial charge in [0, 0.05) is 18.7 Å². The Labute approximate surface area is 114 Å². The van der Waals surface area contributed by atoms with Crippen LogP contribution in [0.15, 0.2) is 18.2 Å². The maximum absolute atomic E-state index is 12.3. The van der Waals surface area contributed by atoms with Gasteiger partial charge in [-0.05, 0) is 25.5 Å². The zero-order chi connectivity index (χ0) is 14.7. The summed E-state index contributed by atoms with van der Waals surface area (Å²) < 4.78 is 0. The molecule has 4 nitrogen and oxygen atoms in total. The summed E-state index contributed by atoms with van der Waals surface area (Å²) in [7, 11) is 1.69. The van der Waals surface area contributed by atoms with Crippen molar-refractivity contribution < 1.29 is 14.7 Å². The highest BCUT2D eigenvalue weighted by Crippen LogP contribution is 2.23. The predicted octanol–water partition coefficient (Wildman–Crippen LogP) is 2.62. The van der Waals surface area contributed by atoms with E-state index in [0.29, 0.717) is 0 Å². The van der Waals surface area contributed by atoms with Crippen molar-refractivity contribution in [2.75, 3.05) is 11.9 Å². The maximum Gasteiger partial charge on any atom is 0.307 e. The summed E-state index contributed by atoms with van der Waals surface area (Å²) >= 11 is 0. The number of nitrogens with zero attached hydrogens (tertiary/aromatic N) is 1. The van der Waals surface area contributed by atoms with E-state index in [-0.39, 0.29) is 5.91 Å². The maximum atomic E-state index is 12.3. The lowest BCUT2D eigenvalue weighted by Gasteiger charge is -2.25. The molecule has 4 heteroatoms. The van der Waals surface area contributed by atoms with Crippen LogP contribution in [-0.2, 0) is 9.59 Å². The number of benzene rings is 1. The van der Waals surface area contributed by atoms with Gasteiger partial charge in [-0.15, -0.1) is 0 Å². The number of hydrogen-bond acceptors (Lipinski definition) is 2. The molecule has 0 aromatic heterocycles. The fourth-order valence-corrected chi connectivity index (χ4v) is 2.03. The van der Waals surface area contributed by atoms with Gasteiger partial charge in [0.05, 0.1) is 5.92 Å². The molecule has 0 spiro atoms. The molecule has 0 aliphatic rings. The van der Waals surface area contributed by atoms with E-state index in [9.17, 15) is 9.59 Å². The Balaban J connectivity index is 2.96. The minimum Gasteiger partial charge on any atom is -0.481 e. The second-order valence-electron chi connectivity index (χ2n) is 5.10. The van der Waals surface area contributed by atoms with Gasteiger partial charge in [-0.25, -0.2) is 0 Å². The minimum absolute atomic E-state index is 0.179. The summed E-state index contributed by atoms with van der Waals surface area (Å²) in [5, 5.41) is 8.97. The van der Waals surface area contributed by atoms with E-state index in [1.807, 2.05) is 32.0 Å². The van der Waals surface area contributed by atoms with Crippen molar-refractivity contribution in [3.8, 4) is 0 Å². The fourth-order valence-electron chi connectivity index (χ4n) is 2.03. The summed E-state index contributed by atoms with van der Waals surface area (Å²) in [4.78, 5) is 24.8. The summed E-state index contributed by atoms with van der Waals surface area (Å²) in [6, 6.07) is 5.84. The van der Waals surface area contributed by atoms with Crippen molar-refractivity contribution in [1.29, 1.82) is 0 Å². The van der Waals surface area contributed by atoms with Gasteiger partial charge in [-0.3, -0.25) is 9.59 Å². The molecule has 1 aromatic rings. The average molecular weight is 263 g/mol. The van der Waals surface area contributed by atoms with Crippen molar-refractivity contribution in [2.24, 2.45) is 11.8 Å². The van der Waals surface area contributed by atoms with Gasteiger partial charge >= 0.3 is 5.97 Å². The highest BCUT2D eigenvalue weighted by Gasteiger charge is 2.28. The molecule has 19 heavy (non-hydrogen) atoms. The summed E-state index contributed by atoms with van der Waals surface area (Å²) in [5.41, 5.74) is 2.96. The fraction of sp³-hybridized carbons (Fsp3) is 0.467. The van der Waals surface area contributed by atoms with Crippen molar-refractivity contribution in [2.45, 2.75) is 27.7 Å². The molecule has 2 atom stereocenters. The molecule has 104 valence electrons. The molecule has 1 rings (SSSR count). The van der Waals surface area contributed by atoms with E-state index < -0.39 is 17.8 Å². The molecule has 0 fully saturated rings. The van der Waals surface area contributed by atoms with Crippen LogP contribution < -0.4 is 4.90 Å². The van der Waals surface area contributed by atoms with Gasteiger partial charge in [0.25, 0.3) is 0 Å². The Morgan fingerprint density at radius 2 is 1.74 bits per heavy atom. The van der Waals surface area contributed by atoms with Gasteiger partial charge in [-0.1, -0.05) is 31.5 Å². The van der Waals surface area contributed by atoms with E-state index in [0.717, 1.165) is 16.8 Å². The summed E-state index contributed by atoms with van der Waals surface area (Å²) in [6.07, 6.45) is 0. The van der Waals surface area contributed by atoms with Gasteiger partial charge in [-0.2, -0.15) is 0 Å². The van der Waals surface area contributed by atoms with Crippen molar-refractivity contribution in [1.82, 2.24) is 0 Å². The molecule has 0 heterocycles. The molecular weight excluding hydrogens is 242 g/mol. The summed E-state index contributed by atoms with van der Waals surface area (Å²) in [5.74, 6) is -2.37. The molecule has 0 saturated carbocycles. The number of carbonyl (C=O) groups excluding carboxylic acids is 1. The van der Waals surface area contributed by atoms with E-state index in [1.165, 1.54) is 0 Å². The van der Waals surface area contributed by atoms with Crippen LogP contribution in [0, 0.1) is 25.7 Å². The Kier molecular flexibility index (Phi) is 4.70. The smallest absolute Gasteiger partial charge is 0.307 e. The molecule has 1 aromatic carbocycles. The van der Waals surface area contributed by atoms with Crippen LogP contribution in [-0.4, -0.2) is 24.0 Å². The molecule has 0 radical (unpaired) electrons. The van der Waals surface area contributed by atoms with Gasteiger partial charge in [0.15, 0.2) is 0 Å². The third-order valence-corrected chi connectivity index (χ3v) is 3.57. The van der Waals surface area contributed by atoms with Gasteiger partial charge in [0.1, 0.15) is 0 Å². The Bertz CT molecular complexity index is 496. The average Bonchev–Trinajstić information content (AvgIpc) is 2.35. The number of rotatable bonds is 4. The van der Waals surface area contributed by atoms with E-state index in [2.05, 4.69) is 0 Å². The van der Waals surface area contributed by atoms with Crippen LogP contribution in [0.1, 0.15) is 25.0 Å². The zero-order valence-corrected chi connectivity index (χ0v) is 12.1. The number of hydrogen-bond donors (Lipinski definition) is 1. The topological polar surface area (TPSA) is 57.6 Å². The number of carboxylic acids is 1. The third kappa shape index (κ3) is 3.34. The summed E-state index contributed by atoms with van der Waals surface area (Å²) in [6.45, 7) is 7.15. The lowest BCUT2D eigenvalue weighted by Crippen LogP contribution is -2.37. The second kappa shape index (κ2) is 5.87. The van der Waals surface area contributed by atoms with Crippen molar-refractivity contribution in [3.63, 3.8) is 0 Å². The Morgan fingerprint density at radius 3 is 2.21 bits per heavy atom. The molecule has 2 unspecified atom stereocenters. The lowest BCUT2D eigenvalue weighted by atomic mass is 9.94. The first kappa shape index (κ1) is 15.2. The zero-order valence-electron chi connectivity index (χ0n) is 12.1. The molecule has 0 aliphatic heterocycles. The Morgan fingerprint density at radius 1 is 1.16 bits per heavy atom. The van der Waals surface area contributed by atoms with Crippen LogP contribution in [0.5, 0.6) is 0 Å². The molecule has 1 amide bonds. The van der Waals surface area contributed by atoms with Crippen molar-refractivity contribution >= 4 is 17.6 Å². The monoisotopic (exact) mass is 263 g/mol. The first-order valence-electron chi connectivity index (χ1n) is 6.33. The normalized spacial score (nSPS) is 13.7. The highest BCUT2D eigenvalue weighted by atomic mass is 16.4. The van der Waals surface area contributed by atoms with Gasteiger partial charge < -0.3 is 10.0 Å². The largest absolute Gasteiger partial charge is 0.481 e. The van der Waals surface area contributed by atoms with Gasteiger partial charge in [0.2, 0.25) is 5.91 Å². The number of anilines is 1. The van der Waals surface area contributed by atoms with E-state index >= 15 is 0 Å². The van der Waals surface area contributed by atoms with Crippen LogP contribution in [0.2, 0.25) is 0 Å². The minimum atomic E-state index is -0.949. The lowest BCUT2D eigenvalue weighted by molar-refractivity contribution is -0.145. The predicted molar refractivity (Wildman–Crippen MR) is 75.3 cm³/mol. The first-order valence-corrected chi connectivity index (χ1v) is 6.33. The number of amides is 1. The van der Waals surface area contributed by atoms with Crippen LogP contribution in [0.3, 0.4) is 0 Å². The van der Waals surface area contributed by atoms with E-state index in [4.69, 9.17) is 5.11 Å². The number of carboxylic acid groups (broad SMARTS) is 1. The SMILES string of the molecule is Cc1ccc(N(C)C(=O)C(C)C(C)C(=O)O)c(C)c1. The Hall–Kier alpha value is -1.84. The number of aryl methyl sites for hydroxylation is 2. The highest BCUT2D eigenvalue weighted by molar-refractivity contribution is 5.97. The van der Waals surface area contributed by atoms with Crippen LogP contribution in [0.25, 0.3) is 0 Å². The molecular formula is C15H21NO3. The van der Waals surface area contributed by atoms with E-state index in [1.54, 1.807) is 25.8 Å². The van der Waals surface area contributed by atoms with Crippen molar-refractivity contribution in [3.05, 3.63) is 29.3 Å². The quantitative estimate of drug-likeness (QED) is 0.908. The number of carbonyl (C=O) groups is 2. The second-order valence-corrected chi connectivity index (χ2v) is 5.10. The van der Waals surface area contributed by atoms with Crippen LogP contribution >= 0.6 is 0 Å².